The van der Waals surface area contributed by atoms with E-state index in [2.05, 4.69) is 9.68 Å². The molecule has 0 bridgehead atoms. The Morgan fingerprint density at radius 3 is 2.88 bits per heavy atom. The SMILES string of the molecule is CC([O])c1ccon1. The summed E-state index contributed by atoms with van der Waals surface area (Å²) in [5.41, 5.74) is 0.463. The Morgan fingerprint density at radius 2 is 2.62 bits per heavy atom. The highest BCUT2D eigenvalue weighted by Crippen LogP contribution is 2.07. The molecule has 0 spiro atoms. The third-order valence-electron chi connectivity index (χ3n) is 0.874. The molecule has 1 unspecified atom stereocenters. The van der Waals surface area contributed by atoms with Crippen molar-refractivity contribution in [2.45, 2.75) is 13.0 Å². The summed E-state index contributed by atoms with van der Waals surface area (Å²) in [5.74, 6) is 0. The molecule has 1 radical (unpaired) electrons. The predicted molar refractivity (Wildman–Crippen MR) is 25.6 cm³/mol. The molecular formula is C5H6NO2. The van der Waals surface area contributed by atoms with Crippen molar-refractivity contribution >= 4 is 0 Å². The van der Waals surface area contributed by atoms with Gasteiger partial charge < -0.3 is 4.52 Å². The molecule has 0 saturated carbocycles. The van der Waals surface area contributed by atoms with E-state index >= 15 is 0 Å². The van der Waals surface area contributed by atoms with Crippen molar-refractivity contribution in [3.05, 3.63) is 18.0 Å². The first-order valence-electron chi connectivity index (χ1n) is 2.37. The molecule has 0 saturated heterocycles. The predicted octanol–water partition coefficient (Wildman–Crippen LogP) is 1.17. The fraction of sp³-hybridized carbons (Fsp3) is 0.400. The Morgan fingerprint density at radius 1 is 1.88 bits per heavy atom. The van der Waals surface area contributed by atoms with Crippen LogP contribution in [0.2, 0.25) is 0 Å². The van der Waals surface area contributed by atoms with Gasteiger partial charge in [-0.05, 0) is 6.92 Å². The fourth-order valence-corrected chi connectivity index (χ4v) is 0.432. The van der Waals surface area contributed by atoms with Crippen molar-refractivity contribution in [2.75, 3.05) is 0 Å². The molecule has 0 aromatic carbocycles. The summed E-state index contributed by atoms with van der Waals surface area (Å²) in [5, 5.41) is 13.9. The molecular weight excluding hydrogens is 106 g/mol. The smallest absolute Gasteiger partial charge is 0.135 e. The van der Waals surface area contributed by atoms with Gasteiger partial charge >= 0.3 is 0 Å². The van der Waals surface area contributed by atoms with Crippen LogP contribution in [0.1, 0.15) is 18.7 Å². The number of hydrogen-bond acceptors (Lipinski definition) is 2. The summed E-state index contributed by atoms with van der Waals surface area (Å²) in [6, 6.07) is 1.57. The minimum atomic E-state index is -0.770. The Hall–Kier alpha value is -0.830. The Bertz CT molecular complexity index is 145. The monoisotopic (exact) mass is 112 g/mol. The van der Waals surface area contributed by atoms with E-state index in [1.54, 1.807) is 6.07 Å². The molecule has 43 valence electrons. The van der Waals surface area contributed by atoms with Crippen LogP contribution >= 0.6 is 0 Å². The molecule has 0 aliphatic carbocycles. The highest BCUT2D eigenvalue weighted by Gasteiger charge is 2.03. The molecule has 1 aromatic heterocycles. The van der Waals surface area contributed by atoms with Gasteiger partial charge in [0.25, 0.3) is 0 Å². The topological polar surface area (TPSA) is 45.9 Å². The lowest BCUT2D eigenvalue weighted by molar-refractivity contribution is 0.0990. The Labute approximate surface area is 46.9 Å². The summed E-state index contributed by atoms with van der Waals surface area (Å²) in [6.45, 7) is 1.53. The van der Waals surface area contributed by atoms with E-state index in [1.165, 1.54) is 13.2 Å². The van der Waals surface area contributed by atoms with Gasteiger partial charge in [-0.15, -0.1) is 0 Å². The quantitative estimate of drug-likeness (QED) is 0.547. The second-order valence-corrected chi connectivity index (χ2v) is 1.57. The van der Waals surface area contributed by atoms with Gasteiger partial charge in [-0.25, -0.2) is 5.11 Å². The van der Waals surface area contributed by atoms with E-state index < -0.39 is 6.10 Å². The zero-order valence-corrected chi connectivity index (χ0v) is 4.50. The van der Waals surface area contributed by atoms with Crippen LogP contribution in [0.15, 0.2) is 16.9 Å². The Balaban J connectivity index is 2.77. The van der Waals surface area contributed by atoms with Gasteiger partial charge in [0, 0.05) is 6.07 Å². The zero-order chi connectivity index (χ0) is 5.98. The molecule has 0 amide bonds. The number of hydrogen-bond donors (Lipinski definition) is 0. The highest BCUT2D eigenvalue weighted by atomic mass is 16.5. The first-order valence-corrected chi connectivity index (χ1v) is 2.37. The van der Waals surface area contributed by atoms with Gasteiger partial charge in [0.05, 0.1) is 0 Å². The van der Waals surface area contributed by atoms with Gasteiger partial charge in [0.2, 0.25) is 0 Å². The van der Waals surface area contributed by atoms with Crippen molar-refractivity contribution in [3.8, 4) is 0 Å². The summed E-state index contributed by atoms with van der Waals surface area (Å²) >= 11 is 0. The summed E-state index contributed by atoms with van der Waals surface area (Å²) in [4.78, 5) is 0. The maximum Gasteiger partial charge on any atom is 0.135 e. The van der Waals surface area contributed by atoms with Crippen LogP contribution in [0.3, 0.4) is 0 Å². The van der Waals surface area contributed by atoms with E-state index in [1.807, 2.05) is 0 Å². The van der Waals surface area contributed by atoms with Crippen molar-refractivity contribution in [3.63, 3.8) is 0 Å². The fourth-order valence-electron chi connectivity index (χ4n) is 0.432. The maximum absolute atomic E-state index is 10.5. The van der Waals surface area contributed by atoms with E-state index in [0.29, 0.717) is 5.69 Å². The van der Waals surface area contributed by atoms with E-state index in [-0.39, 0.29) is 0 Å². The number of aromatic nitrogens is 1. The van der Waals surface area contributed by atoms with Crippen LogP contribution in [0.25, 0.3) is 0 Å². The van der Waals surface area contributed by atoms with Crippen molar-refractivity contribution in [1.82, 2.24) is 5.16 Å². The lowest BCUT2D eigenvalue weighted by Crippen LogP contribution is -1.86. The molecule has 1 aromatic rings. The normalized spacial score (nSPS) is 13.8. The molecule has 3 heteroatoms. The second-order valence-electron chi connectivity index (χ2n) is 1.57. The maximum atomic E-state index is 10.5. The molecule has 1 heterocycles. The average Bonchev–Trinajstić information content (AvgIpc) is 2.12. The third kappa shape index (κ3) is 0.869. The van der Waals surface area contributed by atoms with Gasteiger partial charge in [-0.1, -0.05) is 5.16 Å². The molecule has 3 nitrogen and oxygen atoms in total. The molecule has 0 aliphatic rings. The first kappa shape index (κ1) is 5.31. The molecule has 1 rings (SSSR count). The van der Waals surface area contributed by atoms with Crippen molar-refractivity contribution in [2.24, 2.45) is 0 Å². The van der Waals surface area contributed by atoms with Gasteiger partial charge in [0.15, 0.2) is 0 Å². The van der Waals surface area contributed by atoms with Crippen molar-refractivity contribution < 1.29 is 9.63 Å². The van der Waals surface area contributed by atoms with E-state index in [0.717, 1.165) is 0 Å². The average molecular weight is 112 g/mol. The second kappa shape index (κ2) is 1.96. The number of rotatable bonds is 1. The largest absolute Gasteiger partial charge is 0.364 e. The van der Waals surface area contributed by atoms with E-state index in [9.17, 15) is 5.11 Å². The lowest BCUT2D eigenvalue weighted by Gasteiger charge is -1.88. The zero-order valence-electron chi connectivity index (χ0n) is 4.50. The van der Waals surface area contributed by atoms with Crippen LogP contribution in [0.5, 0.6) is 0 Å². The lowest BCUT2D eigenvalue weighted by atomic mass is 10.3. The standard InChI is InChI=1S/C5H6NO2/c1-4(7)5-2-3-8-6-5/h2-4H,1H3. The van der Waals surface area contributed by atoms with Gasteiger partial charge in [-0.2, -0.15) is 0 Å². The molecule has 1 atom stereocenters. The highest BCUT2D eigenvalue weighted by molar-refractivity contribution is 4.97. The van der Waals surface area contributed by atoms with Crippen molar-refractivity contribution in [1.29, 1.82) is 0 Å². The van der Waals surface area contributed by atoms with Crippen LogP contribution in [-0.2, 0) is 5.11 Å². The van der Waals surface area contributed by atoms with Crippen LogP contribution in [-0.4, -0.2) is 5.16 Å². The first-order chi connectivity index (χ1) is 3.80. The van der Waals surface area contributed by atoms with Crippen LogP contribution in [0.4, 0.5) is 0 Å². The summed E-state index contributed by atoms with van der Waals surface area (Å²) in [7, 11) is 0. The molecule has 0 N–H and O–H groups in total. The Kier molecular flexibility index (Phi) is 1.30. The third-order valence-corrected chi connectivity index (χ3v) is 0.874. The summed E-state index contributed by atoms with van der Waals surface area (Å²) < 4.78 is 4.43. The minimum absolute atomic E-state index is 0.463. The number of nitrogens with zero attached hydrogens (tertiary/aromatic N) is 1. The van der Waals surface area contributed by atoms with Crippen LogP contribution < -0.4 is 0 Å². The van der Waals surface area contributed by atoms with Crippen LogP contribution in [0, 0.1) is 0 Å². The minimum Gasteiger partial charge on any atom is -0.364 e. The van der Waals surface area contributed by atoms with Gasteiger partial charge in [0.1, 0.15) is 18.1 Å². The van der Waals surface area contributed by atoms with E-state index in [4.69, 9.17) is 0 Å². The molecule has 8 heavy (non-hydrogen) atoms. The molecule has 0 fully saturated rings. The summed E-state index contributed by atoms with van der Waals surface area (Å²) in [6.07, 6.45) is 0.623. The molecule has 0 aliphatic heterocycles. The van der Waals surface area contributed by atoms with Gasteiger partial charge in [-0.3, -0.25) is 0 Å².